The first-order chi connectivity index (χ1) is 18.3. The lowest BCUT2D eigenvalue weighted by atomic mass is 9.61. The van der Waals surface area contributed by atoms with Crippen molar-refractivity contribution in [3.05, 3.63) is 76.3 Å². The zero-order valence-electron chi connectivity index (χ0n) is 21.5. The Bertz CT molecular complexity index is 1390. The summed E-state index contributed by atoms with van der Waals surface area (Å²) in [4.78, 5) is 26.4. The van der Waals surface area contributed by atoms with Gasteiger partial charge in [-0.15, -0.1) is 0 Å². The molecule has 38 heavy (non-hydrogen) atoms. The van der Waals surface area contributed by atoms with Crippen LogP contribution in [0.1, 0.15) is 41.4 Å². The number of carbonyl (C=O) groups is 2. The van der Waals surface area contributed by atoms with Gasteiger partial charge in [0, 0.05) is 17.0 Å². The van der Waals surface area contributed by atoms with Gasteiger partial charge in [0.05, 0.1) is 25.9 Å². The Kier molecular flexibility index (Phi) is 5.64. The van der Waals surface area contributed by atoms with Gasteiger partial charge >= 0.3 is 5.97 Å². The largest absolute Gasteiger partial charge is 0.496 e. The highest BCUT2D eigenvalue weighted by Crippen LogP contribution is 2.62. The van der Waals surface area contributed by atoms with Crippen molar-refractivity contribution in [2.75, 3.05) is 27.6 Å². The first-order valence-corrected chi connectivity index (χ1v) is 12.5. The molecule has 6 rings (SSSR count). The zero-order valence-corrected chi connectivity index (χ0v) is 21.5. The third-order valence-electron chi connectivity index (χ3n) is 8.19. The second-order valence-corrected chi connectivity index (χ2v) is 9.98. The average Bonchev–Trinajstić information content (AvgIpc) is 3.56. The second-order valence-electron chi connectivity index (χ2n) is 9.98. The number of methoxy groups -OCH3 is 2. The Balaban J connectivity index is 1.64. The fraction of sp³-hybridized carbons (Fsp3) is 0.379. The summed E-state index contributed by atoms with van der Waals surface area (Å²) in [6.07, 6.45) is -0.459. The third-order valence-corrected chi connectivity index (χ3v) is 8.19. The normalized spacial score (nSPS) is 28.9. The molecule has 0 saturated carbocycles. The molecule has 0 bridgehead atoms. The molecule has 2 aliphatic carbocycles. The molecule has 9 heteroatoms. The van der Waals surface area contributed by atoms with Gasteiger partial charge in [0.25, 0.3) is 0 Å². The molecule has 1 spiro atoms. The van der Waals surface area contributed by atoms with Gasteiger partial charge < -0.3 is 33.5 Å². The molecule has 4 aliphatic rings. The van der Waals surface area contributed by atoms with Gasteiger partial charge in [0.15, 0.2) is 17.3 Å². The molecule has 2 aliphatic heterocycles. The number of hydrogen-bond donors (Lipinski definition) is 1. The summed E-state index contributed by atoms with van der Waals surface area (Å²) in [5.41, 5.74) is 0.843. The Morgan fingerprint density at radius 3 is 2.50 bits per heavy atom. The van der Waals surface area contributed by atoms with Crippen LogP contribution in [0, 0.1) is 11.8 Å². The molecule has 2 aromatic carbocycles. The van der Waals surface area contributed by atoms with Gasteiger partial charge in [0.1, 0.15) is 18.1 Å². The van der Waals surface area contributed by atoms with Crippen LogP contribution in [-0.4, -0.2) is 50.6 Å². The molecule has 0 radical (unpaired) electrons. The van der Waals surface area contributed by atoms with E-state index in [0.717, 1.165) is 0 Å². The number of aliphatic hydroxyl groups is 1. The van der Waals surface area contributed by atoms with Crippen molar-refractivity contribution < 1.29 is 43.1 Å². The Morgan fingerprint density at radius 2 is 1.79 bits per heavy atom. The molecule has 0 amide bonds. The summed E-state index contributed by atoms with van der Waals surface area (Å²) in [5, 5.41) is 11.8. The van der Waals surface area contributed by atoms with Gasteiger partial charge in [-0.2, -0.15) is 0 Å². The standard InChI is InChI=1S/C29H28O9/c1-14-15(2)23(38-28(32)16-8-6-5-7-9-16)17-10-20-25(37-13-36-20)26-21(17)29(12-35-26)18(22(14)31)11-19(30)24(33-3)27(29)34-4/h5-11,14-15,22-23,31H,12-13H2,1-4H3/t14-,15-,22+,23-,29-/m1/s1. The van der Waals surface area contributed by atoms with Crippen molar-refractivity contribution in [3.8, 4) is 17.2 Å². The molecule has 2 heterocycles. The number of ether oxygens (including phenoxy) is 6. The maximum atomic E-state index is 13.3. The first kappa shape index (κ1) is 24.4. The number of benzene rings is 2. The van der Waals surface area contributed by atoms with Crippen molar-refractivity contribution >= 4 is 11.8 Å². The molecule has 0 unspecified atom stereocenters. The molecular weight excluding hydrogens is 492 g/mol. The smallest absolute Gasteiger partial charge is 0.338 e. The van der Waals surface area contributed by atoms with E-state index in [1.165, 1.54) is 20.3 Å². The van der Waals surface area contributed by atoms with Gasteiger partial charge in [-0.3, -0.25) is 4.79 Å². The van der Waals surface area contributed by atoms with Crippen LogP contribution in [-0.2, 0) is 24.4 Å². The van der Waals surface area contributed by atoms with Gasteiger partial charge in [-0.25, -0.2) is 4.79 Å². The lowest BCUT2D eigenvalue weighted by Crippen LogP contribution is -2.48. The molecular formula is C29H28O9. The summed E-state index contributed by atoms with van der Waals surface area (Å²) in [7, 11) is 2.85. The van der Waals surface area contributed by atoms with Crippen molar-refractivity contribution in [2.45, 2.75) is 31.5 Å². The number of carbonyl (C=O) groups excluding carboxylic acids is 2. The van der Waals surface area contributed by atoms with E-state index in [1.54, 1.807) is 30.3 Å². The Labute approximate surface area is 219 Å². The second kappa shape index (κ2) is 8.80. The molecule has 9 nitrogen and oxygen atoms in total. The van der Waals surface area contributed by atoms with Crippen LogP contribution in [0.4, 0.5) is 0 Å². The summed E-state index contributed by atoms with van der Waals surface area (Å²) >= 11 is 0. The monoisotopic (exact) mass is 520 g/mol. The molecule has 5 atom stereocenters. The number of fused-ring (bicyclic) bond motifs is 2. The predicted molar refractivity (Wildman–Crippen MR) is 133 cm³/mol. The topological polar surface area (TPSA) is 110 Å². The molecule has 0 fully saturated rings. The highest BCUT2D eigenvalue weighted by molar-refractivity contribution is 6.06. The number of esters is 1. The van der Waals surface area contributed by atoms with E-state index in [4.69, 9.17) is 28.4 Å². The molecule has 1 N–H and O–H groups in total. The Morgan fingerprint density at radius 1 is 1.03 bits per heavy atom. The summed E-state index contributed by atoms with van der Waals surface area (Å²) in [5.74, 6) is -0.196. The number of aliphatic hydroxyl groups excluding tert-OH is 1. The van der Waals surface area contributed by atoms with Crippen molar-refractivity contribution in [1.82, 2.24) is 0 Å². The van der Waals surface area contributed by atoms with Crippen LogP contribution in [0.15, 0.2) is 59.6 Å². The average molecular weight is 521 g/mol. The zero-order chi connectivity index (χ0) is 26.8. The lowest BCUT2D eigenvalue weighted by molar-refractivity contribution is -0.115. The Hall–Kier alpha value is -3.98. The fourth-order valence-corrected chi connectivity index (χ4v) is 6.12. The van der Waals surface area contributed by atoms with E-state index in [-0.39, 0.29) is 30.8 Å². The summed E-state index contributed by atoms with van der Waals surface area (Å²) in [6.45, 7) is 3.80. The minimum atomic E-state index is -1.22. The van der Waals surface area contributed by atoms with Crippen LogP contribution in [0.3, 0.4) is 0 Å². The fourth-order valence-electron chi connectivity index (χ4n) is 6.12. The summed E-state index contributed by atoms with van der Waals surface area (Å²) in [6, 6.07) is 10.5. The molecule has 0 aromatic heterocycles. The van der Waals surface area contributed by atoms with Crippen LogP contribution in [0.2, 0.25) is 0 Å². The van der Waals surface area contributed by atoms with Crippen molar-refractivity contribution in [1.29, 1.82) is 0 Å². The number of ketones is 1. The lowest BCUT2D eigenvalue weighted by Gasteiger charge is -2.44. The quantitative estimate of drug-likeness (QED) is 0.605. The van der Waals surface area contributed by atoms with E-state index in [1.807, 2.05) is 19.9 Å². The molecule has 2 aromatic rings. The van der Waals surface area contributed by atoms with Crippen LogP contribution in [0.25, 0.3) is 0 Å². The van der Waals surface area contributed by atoms with Crippen molar-refractivity contribution in [2.24, 2.45) is 11.8 Å². The number of hydrogen-bond acceptors (Lipinski definition) is 9. The highest BCUT2D eigenvalue weighted by Gasteiger charge is 2.60. The van der Waals surface area contributed by atoms with E-state index in [0.29, 0.717) is 39.5 Å². The predicted octanol–water partition coefficient (Wildman–Crippen LogP) is 3.60. The van der Waals surface area contributed by atoms with Crippen LogP contribution >= 0.6 is 0 Å². The minimum Gasteiger partial charge on any atom is -0.496 e. The van der Waals surface area contributed by atoms with Gasteiger partial charge in [-0.1, -0.05) is 32.0 Å². The third kappa shape index (κ3) is 3.21. The van der Waals surface area contributed by atoms with Gasteiger partial charge in [0.2, 0.25) is 24.1 Å². The molecule has 198 valence electrons. The van der Waals surface area contributed by atoms with Crippen molar-refractivity contribution in [3.63, 3.8) is 0 Å². The van der Waals surface area contributed by atoms with Crippen LogP contribution < -0.4 is 14.2 Å². The molecule has 0 saturated heterocycles. The number of allylic oxidation sites excluding steroid dienone is 1. The highest BCUT2D eigenvalue weighted by atomic mass is 16.7. The van der Waals surface area contributed by atoms with Crippen LogP contribution in [0.5, 0.6) is 17.2 Å². The van der Waals surface area contributed by atoms with E-state index in [2.05, 4.69) is 0 Å². The SMILES string of the molecule is COC1=C(OC)[C@@]23COc4c5c(cc(c42)[C@H](OC(=O)c2ccccc2)[C@H](C)[C@@H](C)[C@H](O)C3=CC1=O)OCO5. The van der Waals surface area contributed by atoms with Gasteiger partial charge in [-0.05, 0) is 35.8 Å². The first-order valence-electron chi connectivity index (χ1n) is 12.5. The number of rotatable bonds is 4. The maximum absolute atomic E-state index is 13.3. The van der Waals surface area contributed by atoms with E-state index < -0.39 is 35.3 Å². The van der Waals surface area contributed by atoms with E-state index >= 15 is 0 Å². The van der Waals surface area contributed by atoms with E-state index in [9.17, 15) is 14.7 Å². The maximum Gasteiger partial charge on any atom is 0.338 e. The summed E-state index contributed by atoms with van der Waals surface area (Å²) < 4.78 is 35.3. The minimum absolute atomic E-state index is 0.00210.